The first-order valence-corrected chi connectivity index (χ1v) is 11.3. The van der Waals surface area contributed by atoms with Gasteiger partial charge >= 0.3 is 6.09 Å². The van der Waals surface area contributed by atoms with Crippen molar-refractivity contribution in [2.24, 2.45) is 4.99 Å². The standard InChI is InChI=1S/C27H31N3O5/c1-16-10-11-28-19(16)14-20-23(32-5)9-8-18(29-20)22-12-17-13-24(33-6)25(34-7)15-21(17)30(22)26(31)35-27(2,3)4/h9-15,28H,8H2,1-7H3/b20-14-. The first-order chi connectivity index (χ1) is 16.6. The maximum Gasteiger partial charge on any atom is 0.419 e. The average molecular weight is 478 g/mol. The number of rotatable bonds is 5. The molecule has 8 heteroatoms. The van der Waals surface area contributed by atoms with Crippen molar-refractivity contribution in [2.75, 3.05) is 21.3 Å². The Morgan fingerprint density at radius 1 is 1.09 bits per heavy atom. The number of nitrogens with one attached hydrogen (secondary N) is 1. The van der Waals surface area contributed by atoms with E-state index in [1.807, 2.05) is 64.2 Å². The highest BCUT2D eigenvalue weighted by Crippen LogP contribution is 2.35. The molecule has 1 aliphatic heterocycles. The monoisotopic (exact) mass is 477 g/mol. The molecular formula is C27H31N3O5. The number of allylic oxidation sites excluding steroid dienone is 1. The van der Waals surface area contributed by atoms with E-state index in [1.165, 1.54) is 0 Å². The third-order valence-electron chi connectivity index (χ3n) is 5.67. The molecule has 2 aromatic heterocycles. The van der Waals surface area contributed by atoms with E-state index in [0.29, 0.717) is 46.3 Å². The topological polar surface area (TPSA) is 87.1 Å². The summed E-state index contributed by atoms with van der Waals surface area (Å²) in [6.07, 6.45) is 5.77. The quantitative estimate of drug-likeness (QED) is 0.499. The number of dihydropyridines is 1. The largest absolute Gasteiger partial charge is 0.495 e. The van der Waals surface area contributed by atoms with Gasteiger partial charge < -0.3 is 23.9 Å². The van der Waals surface area contributed by atoms with Crippen molar-refractivity contribution in [3.8, 4) is 11.5 Å². The second kappa shape index (κ2) is 9.37. The number of aryl methyl sites for hydroxylation is 1. The van der Waals surface area contributed by atoms with E-state index in [1.54, 1.807) is 32.0 Å². The molecule has 1 aliphatic rings. The van der Waals surface area contributed by atoms with E-state index < -0.39 is 11.7 Å². The molecule has 0 unspecified atom stereocenters. The van der Waals surface area contributed by atoms with Crippen molar-refractivity contribution in [1.29, 1.82) is 0 Å². The Hall–Kier alpha value is -3.94. The zero-order valence-corrected chi connectivity index (χ0v) is 21.2. The fraction of sp³-hybridized carbons (Fsp3) is 0.333. The predicted molar refractivity (Wildman–Crippen MR) is 136 cm³/mol. The van der Waals surface area contributed by atoms with Gasteiger partial charge in [0.1, 0.15) is 17.1 Å². The second-order valence-corrected chi connectivity index (χ2v) is 9.25. The summed E-state index contributed by atoms with van der Waals surface area (Å²) in [6, 6.07) is 7.54. The first-order valence-electron chi connectivity index (χ1n) is 11.3. The highest BCUT2D eigenvalue weighted by Gasteiger charge is 2.27. The van der Waals surface area contributed by atoms with Crippen LogP contribution in [0.15, 0.2) is 53.0 Å². The average Bonchev–Trinajstić information content (AvgIpc) is 3.39. The summed E-state index contributed by atoms with van der Waals surface area (Å²) in [7, 11) is 4.77. The lowest BCUT2D eigenvalue weighted by molar-refractivity contribution is 0.0543. The van der Waals surface area contributed by atoms with E-state index in [0.717, 1.165) is 16.6 Å². The van der Waals surface area contributed by atoms with Gasteiger partial charge in [0.25, 0.3) is 0 Å². The Morgan fingerprint density at radius 3 is 2.40 bits per heavy atom. The number of aromatic amines is 1. The number of aromatic nitrogens is 2. The predicted octanol–water partition coefficient (Wildman–Crippen LogP) is 5.84. The Kier molecular flexibility index (Phi) is 6.47. The Bertz CT molecular complexity index is 1370. The van der Waals surface area contributed by atoms with Gasteiger partial charge in [0.2, 0.25) is 0 Å². The van der Waals surface area contributed by atoms with Gasteiger partial charge in [0.15, 0.2) is 11.5 Å². The summed E-state index contributed by atoms with van der Waals surface area (Å²) in [5.41, 5.74) is 4.01. The molecule has 0 saturated carbocycles. The smallest absolute Gasteiger partial charge is 0.419 e. The van der Waals surface area contributed by atoms with Gasteiger partial charge in [-0.15, -0.1) is 0 Å². The van der Waals surface area contributed by atoms with Crippen molar-refractivity contribution in [1.82, 2.24) is 9.55 Å². The lowest BCUT2D eigenvalue weighted by atomic mass is 10.1. The lowest BCUT2D eigenvalue weighted by Crippen LogP contribution is -2.29. The minimum Gasteiger partial charge on any atom is -0.495 e. The maximum absolute atomic E-state index is 13.4. The summed E-state index contributed by atoms with van der Waals surface area (Å²) >= 11 is 0. The molecule has 0 bridgehead atoms. The molecule has 0 saturated heterocycles. The third kappa shape index (κ3) is 4.82. The molecule has 35 heavy (non-hydrogen) atoms. The molecule has 0 atom stereocenters. The molecule has 0 amide bonds. The number of carbonyl (C=O) groups excluding carboxylic acids is 1. The van der Waals surface area contributed by atoms with Crippen LogP contribution in [0.4, 0.5) is 4.79 Å². The van der Waals surface area contributed by atoms with Crippen LogP contribution in [0.25, 0.3) is 17.0 Å². The molecule has 3 heterocycles. The zero-order valence-electron chi connectivity index (χ0n) is 21.2. The maximum atomic E-state index is 13.4. The van der Waals surface area contributed by atoms with Crippen molar-refractivity contribution in [2.45, 2.75) is 39.7 Å². The molecule has 0 spiro atoms. The number of hydrogen-bond acceptors (Lipinski definition) is 6. The van der Waals surface area contributed by atoms with Crippen LogP contribution in [-0.2, 0) is 9.47 Å². The Balaban J connectivity index is 1.91. The number of methoxy groups -OCH3 is 3. The van der Waals surface area contributed by atoms with Crippen molar-refractivity contribution in [3.63, 3.8) is 0 Å². The highest BCUT2D eigenvalue weighted by atomic mass is 16.6. The van der Waals surface area contributed by atoms with Gasteiger partial charge in [-0.1, -0.05) is 0 Å². The van der Waals surface area contributed by atoms with Gasteiger partial charge in [-0.2, -0.15) is 0 Å². The third-order valence-corrected chi connectivity index (χ3v) is 5.67. The Labute approximate surface area is 204 Å². The minimum absolute atomic E-state index is 0.484. The van der Waals surface area contributed by atoms with Crippen LogP contribution in [-0.4, -0.2) is 48.3 Å². The van der Waals surface area contributed by atoms with Crippen LogP contribution < -0.4 is 9.47 Å². The van der Waals surface area contributed by atoms with Gasteiger partial charge in [-0.25, -0.2) is 14.4 Å². The number of nitrogens with zero attached hydrogens (tertiary/aromatic N) is 2. The fourth-order valence-corrected chi connectivity index (χ4v) is 4.00. The molecule has 1 aromatic carbocycles. The van der Waals surface area contributed by atoms with Gasteiger partial charge in [-0.05, 0) is 63.6 Å². The van der Waals surface area contributed by atoms with E-state index in [2.05, 4.69) is 4.98 Å². The molecular weight excluding hydrogens is 446 g/mol. The summed E-state index contributed by atoms with van der Waals surface area (Å²) < 4.78 is 23.9. The van der Waals surface area contributed by atoms with Crippen LogP contribution in [0, 0.1) is 6.92 Å². The number of H-pyrrole nitrogens is 1. The van der Waals surface area contributed by atoms with Crippen LogP contribution in [0.1, 0.15) is 44.1 Å². The van der Waals surface area contributed by atoms with Crippen LogP contribution in [0.5, 0.6) is 11.5 Å². The van der Waals surface area contributed by atoms with Crippen molar-refractivity contribution in [3.05, 3.63) is 64.9 Å². The molecule has 4 rings (SSSR count). The Morgan fingerprint density at radius 2 is 1.80 bits per heavy atom. The number of hydrogen-bond donors (Lipinski definition) is 1. The highest BCUT2D eigenvalue weighted by molar-refractivity contribution is 6.09. The van der Waals surface area contributed by atoms with Gasteiger partial charge in [0.05, 0.1) is 38.3 Å². The summed E-state index contributed by atoms with van der Waals surface area (Å²) in [4.78, 5) is 21.5. The molecule has 8 nitrogen and oxygen atoms in total. The normalized spacial score (nSPS) is 15.1. The van der Waals surface area contributed by atoms with Crippen LogP contribution in [0.3, 0.4) is 0 Å². The van der Waals surface area contributed by atoms with Crippen molar-refractivity contribution < 1.29 is 23.7 Å². The fourth-order valence-electron chi connectivity index (χ4n) is 4.00. The molecule has 3 aromatic rings. The van der Waals surface area contributed by atoms with Crippen molar-refractivity contribution >= 4 is 28.8 Å². The molecule has 0 fully saturated rings. The molecule has 0 radical (unpaired) electrons. The van der Waals surface area contributed by atoms with E-state index >= 15 is 0 Å². The van der Waals surface area contributed by atoms with E-state index in [-0.39, 0.29) is 0 Å². The minimum atomic E-state index is -0.671. The van der Waals surface area contributed by atoms with E-state index in [4.69, 9.17) is 23.9 Å². The number of aliphatic imine (C=N–C) groups is 1. The second-order valence-electron chi connectivity index (χ2n) is 9.25. The first kappa shape index (κ1) is 24.2. The van der Waals surface area contributed by atoms with Gasteiger partial charge in [0, 0.05) is 29.8 Å². The molecule has 0 aliphatic carbocycles. The number of carbonyl (C=O) groups is 1. The SMILES string of the molecule is COC1=CCC(c2cc3cc(OC)c(OC)cc3n2C(=O)OC(C)(C)C)=N/C1=C\c1[nH]ccc1C. The molecule has 184 valence electrons. The number of fused-ring (bicyclic) bond motifs is 1. The molecule has 1 N–H and O–H groups in total. The van der Waals surface area contributed by atoms with E-state index in [9.17, 15) is 4.79 Å². The number of benzene rings is 1. The lowest BCUT2D eigenvalue weighted by Gasteiger charge is -2.22. The van der Waals surface area contributed by atoms with Crippen LogP contribution in [0.2, 0.25) is 0 Å². The van der Waals surface area contributed by atoms with Gasteiger partial charge in [-0.3, -0.25) is 0 Å². The summed E-state index contributed by atoms with van der Waals surface area (Å²) in [6.45, 7) is 7.54. The summed E-state index contributed by atoms with van der Waals surface area (Å²) in [5, 5.41) is 0.804. The summed E-state index contributed by atoms with van der Waals surface area (Å²) in [5.74, 6) is 1.76. The zero-order chi connectivity index (χ0) is 25.3. The number of ether oxygens (including phenoxy) is 4. The van der Waals surface area contributed by atoms with Crippen LogP contribution >= 0.6 is 0 Å².